The van der Waals surface area contributed by atoms with Crippen LogP contribution < -0.4 is 5.32 Å². The molecule has 25 heavy (non-hydrogen) atoms. The number of fused-ring (bicyclic) bond motifs is 1. The van der Waals surface area contributed by atoms with Crippen LogP contribution >= 0.6 is 11.3 Å². The Balaban J connectivity index is 1.95. The van der Waals surface area contributed by atoms with Gasteiger partial charge < -0.3 is 15.2 Å². The minimum atomic E-state index is -0.348. The van der Waals surface area contributed by atoms with Gasteiger partial charge in [-0.25, -0.2) is 14.8 Å². The van der Waals surface area contributed by atoms with Crippen molar-refractivity contribution in [3.05, 3.63) is 16.3 Å². The van der Waals surface area contributed by atoms with Crippen LogP contribution in [0.2, 0.25) is 0 Å². The van der Waals surface area contributed by atoms with Crippen LogP contribution in [-0.2, 0) is 4.74 Å². The predicted molar refractivity (Wildman–Crippen MR) is 99.3 cm³/mol. The highest BCUT2D eigenvalue weighted by Gasteiger charge is 2.35. The Hall–Kier alpha value is -1.73. The van der Waals surface area contributed by atoms with Crippen molar-refractivity contribution in [1.82, 2.24) is 9.97 Å². The van der Waals surface area contributed by atoms with Gasteiger partial charge in [-0.2, -0.15) is 0 Å². The summed E-state index contributed by atoms with van der Waals surface area (Å²) in [5, 5.41) is 14.7. The van der Waals surface area contributed by atoms with E-state index in [0.29, 0.717) is 17.2 Å². The van der Waals surface area contributed by atoms with E-state index in [4.69, 9.17) is 4.74 Å². The zero-order valence-electron chi connectivity index (χ0n) is 15.2. The third-order valence-corrected chi connectivity index (χ3v) is 6.38. The molecule has 1 aliphatic rings. The number of aliphatic hydroxyl groups excluding tert-OH is 1. The van der Waals surface area contributed by atoms with E-state index in [0.717, 1.165) is 47.3 Å². The number of aryl methyl sites for hydroxylation is 2. The van der Waals surface area contributed by atoms with Gasteiger partial charge in [-0.1, -0.05) is 19.8 Å². The quantitative estimate of drug-likeness (QED) is 0.810. The number of carbonyl (C=O) groups is 1. The molecule has 0 amide bonds. The number of thiophene rings is 1. The lowest BCUT2D eigenvalue weighted by atomic mass is 9.73. The highest BCUT2D eigenvalue weighted by Crippen LogP contribution is 2.38. The molecule has 0 aromatic carbocycles. The second-order valence-electron chi connectivity index (χ2n) is 7.12. The van der Waals surface area contributed by atoms with E-state index in [9.17, 15) is 9.90 Å². The molecular weight excluding hydrogens is 338 g/mol. The summed E-state index contributed by atoms with van der Waals surface area (Å²) >= 11 is 1.33. The topological polar surface area (TPSA) is 84.3 Å². The lowest BCUT2D eigenvalue weighted by Gasteiger charge is -2.38. The number of nitrogens with one attached hydrogen (secondary N) is 1. The summed E-state index contributed by atoms with van der Waals surface area (Å²) in [7, 11) is 1.38. The number of carbonyl (C=O) groups excluding carboxylic acids is 1. The van der Waals surface area contributed by atoms with Crippen LogP contribution in [-0.4, -0.2) is 40.8 Å². The van der Waals surface area contributed by atoms with E-state index in [-0.39, 0.29) is 17.5 Å². The van der Waals surface area contributed by atoms with Crippen LogP contribution in [0, 0.1) is 19.3 Å². The molecule has 0 radical (unpaired) electrons. The Bertz CT molecular complexity index is 804. The van der Waals surface area contributed by atoms with Crippen LogP contribution in [0.5, 0.6) is 0 Å². The van der Waals surface area contributed by atoms with Crippen molar-refractivity contribution in [3.63, 3.8) is 0 Å². The number of nitrogens with zero attached hydrogens (tertiary/aromatic N) is 2. The van der Waals surface area contributed by atoms with Gasteiger partial charge in [0, 0.05) is 12.0 Å². The molecule has 1 aliphatic carbocycles. The van der Waals surface area contributed by atoms with Crippen LogP contribution in [0.1, 0.15) is 53.7 Å². The zero-order chi connectivity index (χ0) is 18.2. The first-order valence-electron chi connectivity index (χ1n) is 8.63. The number of methoxy groups -OCH3 is 1. The Labute approximate surface area is 151 Å². The first-order chi connectivity index (χ1) is 11.9. The molecule has 1 saturated carbocycles. The lowest BCUT2D eigenvalue weighted by Crippen LogP contribution is -2.41. The number of hydrogen-bond donors (Lipinski definition) is 2. The molecule has 0 spiro atoms. The summed E-state index contributed by atoms with van der Waals surface area (Å²) in [6.07, 6.45) is 3.75. The Morgan fingerprint density at radius 2 is 2.16 bits per heavy atom. The molecule has 0 aliphatic heterocycles. The van der Waals surface area contributed by atoms with Crippen molar-refractivity contribution in [1.29, 1.82) is 0 Å². The minimum absolute atomic E-state index is 0.168. The molecule has 136 valence electrons. The van der Waals surface area contributed by atoms with E-state index < -0.39 is 0 Å². The van der Waals surface area contributed by atoms with Gasteiger partial charge in [0.1, 0.15) is 21.3 Å². The van der Waals surface area contributed by atoms with Crippen LogP contribution in [0.25, 0.3) is 10.2 Å². The first-order valence-corrected chi connectivity index (χ1v) is 9.45. The molecule has 2 heterocycles. The second-order valence-corrected chi connectivity index (χ2v) is 8.12. The van der Waals surface area contributed by atoms with Crippen LogP contribution in [0.4, 0.5) is 5.82 Å². The molecule has 1 fully saturated rings. The second kappa shape index (κ2) is 6.88. The molecule has 2 aromatic heterocycles. The molecule has 2 atom stereocenters. The lowest BCUT2D eigenvalue weighted by molar-refractivity contribution is 0.00960. The largest absolute Gasteiger partial charge is 0.465 e. The SMILES string of the molecule is COC(=O)c1sc2nc(C)nc(NCC3(C)CCCCC3O)c2c1C. The van der Waals surface area contributed by atoms with Crippen molar-refractivity contribution in [2.75, 3.05) is 19.0 Å². The van der Waals surface area contributed by atoms with E-state index in [1.807, 2.05) is 13.8 Å². The molecule has 7 heteroatoms. The molecule has 0 saturated heterocycles. The number of anilines is 1. The van der Waals surface area contributed by atoms with Gasteiger partial charge in [0.15, 0.2) is 0 Å². The average molecular weight is 363 g/mol. The Morgan fingerprint density at radius 3 is 2.84 bits per heavy atom. The van der Waals surface area contributed by atoms with Gasteiger partial charge in [-0.3, -0.25) is 0 Å². The van der Waals surface area contributed by atoms with E-state index in [1.54, 1.807) is 0 Å². The molecular formula is C18H25N3O3S. The summed E-state index contributed by atoms with van der Waals surface area (Å²) < 4.78 is 4.87. The highest BCUT2D eigenvalue weighted by molar-refractivity contribution is 7.20. The first kappa shape index (κ1) is 18.1. The summed E-state index contributed by atoms with van der Waals surface area (Å²) in [6.45, 7) is 6.50. The van der Waals surface area contributed by atoms with E-state index >= 15 is 0 Å². The third kappa shape index (κ3) is 3.35. The predicted octanol–water partition coefficient (Wildman–Crippen LogP) is 3.45. The highest BCUT2D eigenvalue weighted by atomic mass is 32.1. The maximum absolute atomic E-state index is 12.0. The third-order valence-electron chi connectivity index (χ3n) is 5.21. The van der Waals surface area contributed by atoms with Gasteiger partial charge in [-0.15, -0.1) is 11.3 Å². The minimum Gasteiger partial charge on any atom is -0.465 e. The molecule has 0 bridgehead atoms. The fourth-order valence-corrected chi connectivity index (χ4v) is 4.68. The van der Waals surface area contributed by atoms with Gasteiger partial charge in [0.25, 0.3) is 0 Å². The number of rotatable bonds is 4. The van der Waals surface area contributed by atoms with Crippen molar-refractivity contribution >= 4 is 33.3 Å². The number of aliphatic hydroxyl groups is 1. The molecule has 3 rings (SSSR count). The number of aromatic nitrogens is 2. The summed E-state index contributed by atoms with van der Waals surface area (Å²) in [5.41, 5.74) is 0.669. The Kier molecular flexibility index (Phi) is 4.97. The normalized spacial score (nSPS) is 23.6. The van der Waals surface area contributed by atoms with Crippen molar-refractivity contribution < 1.29 is 14.6 Å². The summed E-state index contributed by atoms with van der Waals surface area (Å²) in [4.78, 5) is 22.3. The Morgan fingerprint density at radius 1 is 1.40 bits per heavy atom. The molecule has 6 nitrogen and oxygen atoms in total. The van der Waals surface area contributed by atoms with Crippen molar-refractivity contribution in [2.45, 2.75) is 52.6 Å². The zero-order valence-corrected chi connectivity index (χ0v) is 16.0. The molecule has 2 N–H and O–H groups in total. The smallest absolute Gasteiger partial charge is 0.348 e. The maximum atomic E-state index is 12.0. The van der Waals surface area contributed by atoms with Gasteiger partial charge in [0.2, 0.25) is 0 Å². The van der Waals surface area contributed by atoms with Gasteiger partial charge >= 0.3 is 5.97 Å². The van der Waals surface area contributed by atoms with Crippen molar-refractivity contribution in [2.24, 2.45) is 5.41 Å². The van der Waals surface area contributed by atoms with Gasteiger partial charge in [0.05, 0.1) is 18.6 Å². The van der Waals surface area contributed by atoms with E-state index in [2.05, 4.69) is 22.2 Å². The monoisotopic (exact) mass is 363 g/mol. The fraction of sp³-hybridized carbons (Fsp3) is 0.611. The van der Waals surface area contributed by atoms with Crippen molar-refractivity contribution in [3.8, 4) is 0 Å². The fourth-order valence-electron chi connectivity index (χ4n) is 3.53. The number of hydrogen-bond acceptors (Lipinski definition) is 7. The standard InChI is InChI=1S/C18H25N3O3S/c1-10-13-15(19-9-18(3)8-6-5-7-12(18)22)20-11(2)21-16(13)25-14(10)17(23)24-4/h12,22H,5-9H2,1-4H3,(H,19,20,21). The number of esters is 1. The maximum Gasteiger partial charge on any atom is 0.348 e. The molecule has 2 unspecified atom stereocenters. The van der Waals surface area contributed by atoms with E-state index in [1.165, 1.54) is 18.4 Å². The summed E-state index contributed by atoms with van der Waals surface area (Å²) in [6, 6.07) is 0. The average Bonchev–Trinajstić information content (AvgIpc) is 2.91. The summed E-state index contributed by atoms with van der Waals surface area (Å²) in [5.74, 6) is 1.03. The van der Waals surface area contributed by atoms with Crippen LogP contribution in [0.3, 0.4) is 0 Å². The number of ether oxygens (including phenoxy) is 1. The van der Waals surface area contributed by atoms with Gasteiger partial charge in [-0.05, 0) is 32.3 Å². The van der Waals surface area contributed by atoms with Crippen LogP contribution in [0.15, 0.2) is 0 Å². The molecule has 2 aromatic rings.